The SMILES string of the molecule is CCSC1CCC(N=C(N)c2ccccc2)C1. The molecule has 1 fully saturated rings. The van der Waals surface area contributed by atoms with E-state index in [1.165, 1.54) is 25.0 Å². The molecule has 3 heteroatoms. The molecule has 0 bridgehead atoms. The number of benzene rings is 1. The second-order valence-electron chi connectivity index (χ2n) is 4.42. The van der Waals surface area contributed by atoms with Crippen LogP contribution in [0.15, 0.2) is 35.3 Å². The Hall–Kier alpha value is -0.960. The van der Waals surface area contributed by atoms with Crippen LogP contribution in [-0.2, 0) is 0 Å². The van der Waals surface area contributed by atoms with Crippen molar-refractivity contribution >= 4 is 17.6 Å². The lowest BCUT2D eigenvalue weighted by Crippen LogP contribution is -2.16. The predicted octanol–water partition coefficient (Wildman–Crippen LogP) is 3.07. The van der Waals surface area contributed by atoms with Gasteiger partial charge < -0.3 is 5.73 Å². The molecule has 1 aliphatic rings. The van der Waals surface area contributed by atoms with Crippen molar-refractivity contribution in [2.45, 2.75) is 37.5 Å². The number of thioether (sulfide) groups is 1. The van der Waals surface area contributed by atoms with Crippen LogP contribution in [0.2, 0.25) is 0 Å². The van der Waals surface area contributed by atoms with Gasteiger partial charge in [-0.1, -0.05) is 37.3 Å². The summed E-state index contributed by atoms with van der Waals surface area (Å²) in [7, 11) is 0. The largest absolute Gasteiger partial charge is 0.383 e. The molecule has 2 atom stereocenters. The van der Waals surface area contributed by atoms with E-state index < -0.39 is 0 Å². The van der Waals surface area contributed by atoms with Gasteiger partial charge >= 0.3 is 0 Å². The number of hydrogen-bond acceptors (Lipinski definition) is 2. The summed E-state index contributed by atoms with van der Waals surface area (Å²) in [4.78, 5) is 4.66. The minimum absolute atomic E-state index is 0.430. The minimum atomic E-state index is 0.430. The zero-order chi connectivity index (χ0) is 12.1. The molecule has 2 nitrogen and oxygen atoms in total. The van der Waals surface area contributed by atoms with Crippen LogP contribution in [0.1, 0.15) is 31.7 Å². The summed E-state index contributed by atoms with van der Waals surface area (Å²) < 4.78 is 0. The van der Waals surface area contributed by atoms with Crippen LogP contribution in [0.4, 0.5) is 0 Å². The van der Waals surface area contributed by atoms with Crippen molar-refractivity contribution in [3.8, 4) is 0 Å². The van der Waals surface area contributed by atoms with Crippen LogP contribution in [0.3, 0.4) is 0 Å². The van der Waals surface area contributed by atoms with Crippen molar-refractivity contribution in [2.75, 3.05) is 5.75 Å². The number of amidine groups is 1. The summed E-state index contributed by atoms with van der Waals surface area (Å²) in [6.07, 6.45) is 3.66. The maximum atomic E-state index is 6.04. The summed E-state index contributed by atoms with van der Waals surface area (Å²) in [5.74, 6) is 1.90. The average molecular weight is 248 g/mol. The Balaban J connectivity index is 1.96. The number of hydrogen-bond donors (Lipinski definition) is 1. The third kappa shape index (κ3) is 3.50. The quantitative estimate of drug-likeness (QED) is 0.657. The van der Waals surface area contributed by atoms with E-state index in [0.29, 0.717) is 11.9 Å². The highest BCUT2D eigenvalue weighted by molar-refractivity contribution is 7.99. The molecule has 17 heavy (non-hydrogen) atoms. The average Bonchev–Trinajstić information content (AvgIpc) is 2.78. The van der Waals surface area contributed by atoms with E-state index >= 15 is 0 Å². The molecule has 92 valence electrons. The third-order valence-electron chi connectivity index (χ3n) is 3.15. The topological polar surface area (TPSA) is 38.4 Å². The van der Waals surface area contributed by atoms with Crippen molar-refractivity contribution in [1.29, 1.82) is 0 Å². The molecule has 0 aliphatic heterocycles. The van der Waals surface area contributed by atoms with Gasteiger partial charge in [0.05, 0.1) is 6.04 Å². The molecule has 0 spiro atoms. The number of aliphatic imine (C=N–C) groups is 1. The Morgan fingerprint density at radius 1 is 1.35 bits per heavy atom. The third-order valence-corrected chi connectivity index (χ3v) is 4.38. The molecule has 1 aliphatic carbocycles. The van der Waals surface area contributed by atoms with E-state index in [1.807, 2.05) is 30.3 Å². The molecule has 0 saturated heterocycles. The van der Waals surface area contributed by atoms with Gasteiger partial charge in [0.1, 0.15) is 5.84 Å². The van der Waals surface area contributed by atoms with E-state index in [2.05, 4.69) is 23.7 Å². The molecule has 1 aromatic rings. The Morgan fingerprint density at radius 3 is 2.82 bits per heavy atom. The number of rotatable bonds is 4. The first kappa shape index (κ1) is 12.5. The number of nitrogens with two attached hydrogens (primary N) is 1. The molecule has 1 saturated carbocycles. The highest BCUT2D eigenvalue weighted by Crippen LogP contribution is 2.31. The van der Waals surface area contributed by atoms with Crippen LogP contribution in [-0.4, -0.2) is 22.9 Å². The maximum Gasteiger partial charge on any atom is 0.125 e. The normalized spacial score (nSPS) is 25.1. The molecule has 0 radical (unpaired) electrons. The van der Waals surface area contributed by atoms with Gasteiger partial charge in [-0.3, -0.25) is 4.99 Å². The first-order valence-electron chi connectivity index (χ1n) is 6.30. The second kappa shape index (κ2) is 6.10. The lowest BCUT2D eigenvalue weighted by atomic mass is 10.2. The van der Waals surface area contributed by atoms with Crippen LogP contribution >= 0.6 is 11.8 Å². The summed E-state index contributed by atoms with van der Waals surface area (Å²) in [6, 6.07) is 10.5. The van der Waals surface area contributed by atoms with Gasteiger partial charge in [0.2, 0.25) is 0 Å². The van der Waals surface area contributed by atoms with Gasteiger partial charge in [0, 0.05) is 10.8 Å². The zero-order valence-electron chi connectivity index (χ0n) is 10.3. The molecule has 2 N–H and O–H groups in total. The molecule has 2 unspecified atom stereocenters. The summed E-state index contributed by atoms with van der Waals surface area (Å²) in [6.45, 7) is 2.22. The van der Waals surface area contributed by atoms with Crippen molar-refractivity contribution in [3.05, 3.63) is 35.9 Å². The maximum absolute atomic E-state index is 6.04. The van der Waals surface area contributed by atoms with Gasteiger partial charge in [0.25, 0.3) is 0 Å². The highest BCUT2D eigenvalue weighted by Gasteiger charge is 2.24. The first-order valence-corrected chi connectivity index (χ1v) is 7.34. The fourth-order valence-electron chi connectivity index (χ4n) is 2.30. The fourth-order valence-corrected chi connectivity index (χ4v) is 3.43. The molecular weight excluding hydrogens is 228 g/mol. The Labute approximate surface area is 108 Å². The molecule has 1 aromatic carbocycles. The summed E-state index contributed by atoms with van der Waals surface area (Å²) in [5.41, 5.74) is 7.08. The van der Waals surface area contributed by atoms with Gasteiger partial charge in [-0.2, -0.15) is 11.8 Å². The molecule has 0 heterocycles. The molecular formula is C14H20N2S. The molecule has 0 aromatic heterocycles. The van der Waals surface area contributed by atoms with Crippen molar-refractivity contribution in [3.63, 3.8) is 0 Å². The van der Waals surface area contributed by atoms with E-state index in [4.69, 9.17) is 5.73 Å². The van der Waals surface area contributed by atoms with E-state index in [0.717, 1.165) is 10.8 Å². The summed E-state index contributed by atoms with van der Waals surface area (Å²) in [5, 5.41) is 0.789. The monoisotopic (exact) mass is 248 g/mol. The van der Waals surface area contributed by atoms with Crippen LogP contribution in [0, 0.1) is 0 Å². The standard InChI is InChI=1S/C14H20N2S/c1-2-17-13-9-8-12(10-13)16-14(15)11-6-4-3-5-7-11/h3-7,12-13H,2,8-10H2,1H3,(H2,15,16). The van der Waals surface area contributed by atoms with Gasteiger partial charge in [-0.25, -0.2) is 0 Å². The van der Waals surface area contributed by atoms with Crippen molar-refractivity contribution < 1.29 is 0 Å². The highest BCUT2D eigenvalue weighted by atomic mass is 32.2. The second-order valence-corrected chi connectivity index (χ2v) is 6.00. The smallest absolute Gasteiger partial charge is 0.125 e. The lowest BCUT2D eigenvalue weighted by molar-refractivity contribution is 0.707. The Bertz CT molecular complexity index is 375. The van der Waals surface area contributed by atoms with Crippen molar-refractivity contribution in [2.24, 2.45) is 10.7 Å². The predicted molar refractivity (Wildman–Crippen MR) is 76.7 cm³/mol. The summed E-state index contributed by atoms with van der Waals surface area (Å²) >= 11 is 2.06. The van der Waals surface area contributed by atoms with Crippen molar-refractivity contribution in [1.82, 2.24) is 0 Å². The zero-order valence-corrected chi connectivity index (χ0v) is 11.1. The Morgan fingerprint density at radius 2 is 2.12 bits per heavy atom. The van der Waals surface area contributed by atoms with E-state index in [9.17, 15) is 0 Å². The van der Waals surface area contributed by atoms with Crippen LogP contribution < -0.4 is 5.73 Å². The van der Waals surface area contributed by atoms with Gasteiger partial charge in [-0.05, 0) is 25.0 Å². The van der Waals surface area contributed by atoms with E-state index in [1.54, 1.807) is 0 Å². The lowest BCUT2D eigenvalue weighted by Gasteiger charge is -2.08. The number of nitrogens with zero attached hydrogens (tertiary/aromatic N) is 1. The van der Waals surface area contributed by atoms with Gasteiger partial charge in [-0.15, -0.1) is 0 Å². The van der Waals surface area contributed by atoms with Crippen LogP contribution in [0.25, 0.3) is 0 Å². The molecule has 0 amide bonds. The Kier molecular flexibility index (Phi) is 4.49. The van der Waals surface area contributed by atoms with E-state index in [-0.39, 0.29) is 0 Å². The first-order chi connectivity index (χ1) is 8.29. The molecule has 2 rings (SSSR count). The minimum Gasteiger partial charge on any atom is -0.383 e. The fraction of sp³-hybridized carbons (Fsp3) is 0.500. The van der Waals surface area contributed by atoms with Gasteiger partial charge in [0.15, 0.2) is 0 Å². The van der Waals surface area contributed by atoms with Crippen LogP contribution in [0.5, 0.6) is 0 Å².